The van der Waals surface area contributed by atoms with Crippen molar-refractivity contribution in [3.05, 3.63) is 64.6 Å². The van der Waals surface area contributed by atoms with Crippen LogP contribution in [0, 0.1) is 0 Å². The molecule has 1 fully saturated rings. The van der Waals surface area contributed by atoms with Crippen LogP contribution in [0.15, 0.2) is 78.4 Å². The van der Waals surface area contributed by atoms with Gasteiger partial charge in [-0.05, 0) is 124 Å². The van der Waals surface area contributed by atoms with Crippen LogP contribution in [0.25, 0.3) is 6.08 Å². The number of ether oxygens (including phenoxy) is 1. The summed E-state index contributed by atoms with van der Waals surface area (Å²) in [6.07, 6.45) is 1.69. The number of nitrogens with zero attached hydrogens (tertiary/aromatic N) is 5. The number of imide groups is 1. The highest BCUT2D eigenvalue weighted by Gasteiger charge is 2.33. The number of anilines is 1. The van der Waals surface area contributed by atoms with Crippen LogP contribution in [0.5, 0.6) is 5.75 Å². The van der Waals surface area contributed by atoms with Crippen LogP contribution in [0.1, 0.15) is 80.1 Å². The van der Waals surface area contributed by atoms with Gasteiger partial charge in [0.25, 0.3) is 23.0 Å². The number of nitrogens with one attached hydrogen (secondary N) is 9. The summed E-state index contributed by atoms with van der Waals surface area (Å²) in [6.45, 7) is -1.56. The minimum atomic E-state index is -1.46. The molecule has 11 amide bonds. The van der Waals surface area contributed by atoms with Crippen molar-refractivity contribution < 1.29 is 57.5 Å². The topological polar surface area (TPSA) is 653 Å². The van der Waals surface area contributed by atoms with Gasteiger partial charge in [0.1, 0.15) is 36.0 Å². The first-order valence-electron chi connectivity index (χ1n) is 28.2. The zero-order valence-corrected chi connectivity index (χ0v) is 50.5. The summed E-state index contributed by atoms with van der Waals surface area (Å²) < 4.78 is 5.58. The molecule has 38 heteroatoms. The van der Waals surface area contributed by atoms with Crippen molar-refractivity contribution >= 4 is 118 Å². The number of aliphatic imine (C=N–C) groups is 5. The second kappa shape index (κ2) is 39.8. The van der Waals surface area contributed by atoms with Crippen molar-refractivity contribution in [2.24, 2.45) is 88.0 Å². The van der Waals surface area contributed by atoms with Crippen LogP contribution in [0.2, 0.25) is 0 Å². The molecule has 37 nitrogen and oxygen atoms in total. The Morgan fingerprint density at radius 1 is 0.495 bits per heavy atom. The maximum absolute atomic E-state index is 14.4. The van der Waals surface area contributed by atoms with E-state index in [0.29, 0.717) is 17.0 Å². The minimum Gasteiger partial charge on any atom is -0.484 e. The van der Waals surface area contributed by atoms with E-state index in [4.69, 9.17) is 67.8 Å². The molecule has 1 saturated heterocycles. The summed E-state index contributed by atoms with van der Waals surface area (Å²) in [7, 11) is 0. The number of thioether (sulfide) groups is 1. The Morgan fingerprint density at radius 2 is 0.901 bits per heavy atom. The summed E-state index contributed by atoms with van der Waals surface area (Å²) in [6, 6.07) is 5.25. The molecule has 0 bridgehead atoms. The van der Waals surface area contributed by atoms with E-state index >= 15 is 0 Å². The van der Waals surface area contributed by atoms with Crippen molar-refractivity contribution in [1.82, 2.24) is 42.5 Å². The second-order valence-electron chi connectivity index (χ2n) is 19.8. The molecular formula is C53H81N25O12S. The molecule has 496 valence electrons. The Kier molecular flexibility index (Phi) is 32.5. The number of guanidine groups is 5. The third kappa shape index (κ3) is 31.0. The molecule has 2 aromatic carbocycles. The molecular weight excluding hydrogens is 1210 g/mol. The predicted molar refractivity (Wildman–Crippen MR) is 340 cm³/mol. The van der Waals surface area contributed by atoms with E-state index in [0.717, 1.165) is 11.8 Å². The fourth-order valence-electron chi connectivity index (χ4n) is 8.03. The molecule has 0 aromatic heterocycles. The van der Waals surface area contributed by atoms with Crippen LogP contribution in [-0.2, 0) is 43.2 Å². The largest absolute Gasteiger partial charge is 0.484 e. The minimum absolute atomic E-state index is 0.00490. The Labute approximate surface area is 526 Å². The predicted octanol–water partition coefficient (Wildman–Crippen LogP) is -6.95. The highest BCUT2D eigenvalue weighted by atomic mass is 32.2. The molecule has 91 heavy (non-hydrogen) atoms. The standard InChI is InChI=1S/C53H81N25O12S/c54-41(82)32(9-2-18-65-48(55)56)74-44(85)34(11-4-20-67-50(59)60)76-46(87)36(13-6-22-69-52(63)64)77-45(86)35(12-5-21-68-51(61)62)75-43(84)33(10-3-19-66-49(57)58)73-39(80)26-70-38(79)25-71-42(83)29-14-16-30(17-15-29)72-40(81)27-90-31-8-1-7-28(23-31)24-37-47(88)78-53(89)91-37/h1,7-8,14-17,23-24,32-36H,2-6,9-13,18-22,25-27H2,(H2,54,82)(H,70,79)(H,71,83)(H,72,81)(H,73,80)(H,74,85)(H,75,84)(H,76,87)(H,77,86)(H4,55,56,65)(H4,57,58,66)(H4,59,60,67)(H4,61,62,68)(H4,63,64,69)(H,78,88,89)/t32-,33-,34-,35-,36-/m0/s1. The average Bonchev–Trinajstić information content (AvgIpc) is 2.52. The number of primary amides is 1. The van der Waals surface area contributed by atoms with Gasteiger partial charge in [0.2, 0.25) is 41.4 Å². The van der Waals surface area contributed by atoms with Gasteiger partial charge < -0.3 is 110 Å². The lowest BCUT2D eigenvalue weighted by atomic mass is 10.0. The van der Waals surface area contributed by atoms with Crippen LogP contribution >= 0.6 is 11.8 Å². The first-order valence-corrected chi connectivity index (χ1v) is 29.0. The summed E-state index contributed by atoms with van der Waals surface area (Å²) in [4.78, 5) is 164. The maximum Gasteiger partial charge on any atom is 0.290 e. The molecule has 1 aliphatic heterocycles. The molecule has 0 unspecified atom stereocenters. The van der Waals surface area contributed by atoms with E-state index in [1.165, 1.54) is 30.3 Å². The zero-order valence-electron chi connectivity index (χ0n) is 49.7. The van der Waals surface area contributed by atoms with Crippen molar-refractivity contribution in [2.75, 3.05) is 57.7 Å². The number of carbonyl (C=O) groups excluding carboxylic acids is 11. The van der Waals surface area contributed by atoms with E-state index in [9.17, 15) is 52.7 Å². The lowest BCUT2D eigenvalue weighted by Gasteiger charge is -2.27. The quantitative estimate of drug-likeness (QED) is 0.0128. The number of amides is 11. The van der Waals surface area contributed by atoms with Gasteiger partial charge in [0, 0.05) is 44.0 Å². The number of rotatable bonds is 40. The molecule has 31 N–H and O–H groups in total. The zero-order chi connectivity index (χ0) is 67.4. The molecule has 2 aromatic rings. The maximum atomic E-state index is 14.4. The Hall–Kier alpha value is -11.0. The number of benzene rings is 2. The Balaban J connectivity index is 1.72. The average molecular weight is 1290 g/mol. The van der Waals surface area contributed by atoms with Gasteiger partial charge in [0.15, 0.2) is 36.4 Å². The van der Waals surface area contributed by atoms with E-state index in [2.05, 4.69) is 72.8 Å². The van der Waals surface area contributed by atoms with Gasteiger partial charge in [-0.1, -0.05) is 12.1 Å². The van der Waals surface area contributed by atoms with Crippen molar-refractivity contribution in [2.45, 2.75) is 94.4 Å². The van der Waals surface area contributed by atoms with Crippen molar-refractivity contribution in [3.8, 4) is 5.75 Å². The second-order valence-corrected chi connectivity index (χ2v) is 20.8. The highest BCUT2D eigenvalue weighted by molar-refractivity contribution is 8.18. The molecule has 3 rings (SSSR count). The number of carbonyl (C=O) groups is 11. The first kappa shape index (κ1) is 74.3. The third-order valence-electron chi connectivity index (χ3n) is 12.4. The molecule has 0 radical (unpaired) electrons. The van der Waals surface area contributed by atoms with Gasteiger partial charge in [0.05, 0.1) is 18.0 Å². The molecule has 0 spiro atoms. The Morgan fingerprint density at radius 3 is 1.31 bits per heavy atom. The smallest absolute Gasteiger partial charge is 0.290 e. The van der Waals surface area contributed by atoms with Gasteiger partial charge in [-0.15, -0.1) is 0 Å². The third-order valence-corrected chi connectivity index (χ3v) is 13.2. The van der Waals surface area contributed by atoms with Crippen molar-refractivity contribution in [3.63, 3.8) is 0 Å². The molecule has 0 aliphatic carbocycles. The lowest BCUT2D eigenvalue weighted by molar-refractivity contribution is -0.135. The normalized spacial score (nSPS) is 13.5. The number of hydrogen-bond donors (Lipinski definition) is 20. The molecule has 0 saturated carbocycles. The molecule has 5 atom stereocenters. The lowest BCUT2D eigenvalue weighted by Crippen LogP contribution is -2.59. The summed E-state index contributed by atoms with van der Waals surface area (Å²) in [5, 5.41) is 22.0. The van der Waals surface area contributed by atoms with E-state index < -0.39 is 114 Å². The fourth-order valence-corrected chi connectivity index (χ4v) is 8.72. The van der Waals surface area contributed by atoms with Gasteiger partial charge in [-0.25, -0.2) is 0 Å². The first-order chi connectivity index (χ1) is 43.2. The fraction of sp³-hybridized carbons (Fsp3) is 0.434. The number of hydrogen-bond acceptors (Lipinski definition) is 18. The van der Waals surface area contributed by atoms with Crippen LogP contribution in [-0.4, -0.2) is 177 Å². The Bertz CT molecular complexity index is 3060. The van der Waals surface area contributed by atoms with Gasteiger partial charge in [-0.2, -0.15) is 0 Å². The molecule has 1 aliphatic rings. The summed E-state index contributed by atoms with van der Waals surface area (Å²) in [5.74, 6) is -8.76. The van der Waals surface area contributed by atoms with E-state index in [1.807, 2.05) is 0 Å². The highest BCUT2D eigenvalue weighted by Crippen LogP contribution is 2.27. The van der Waals surface area contributed by atoms with Gasteiger partial charge in [-0.3, -0.25) is 83.0 Å². The van der Waals surface area contributed by atoms with Crippen molar-refractivity contribution in [1.29, 1.82) is 0 Å². The summed E-state index contributed by atoms with van der Waals surface area (Å²) in [5.41, 5.74) is 61.4. The molecule has 1 heterocycles. The van der Waals surface area contributed by atoms with Gasteiger partial charge >= 0.3 is 0 Å². The van der Waals surface area contributed by atoms with Crippen LogP contribution in [0.3, 0.4) is 0 Å². The number of nitrogens with two attached hydrogens (primary N) is 11. The summed E-state index contributed by atoms with van der Waals surface area (Å²) >= 11 is 0.758. The van der Waals surface area contributed by atoms with Crippen LogP contribution in [0.4, 0.5) is 10.5 Å². The van der Waals surface area contributed by atoms with E-state index in [1.54, 1.807) is 24.3 Å². The SMILES string of the molecule is NC(=O)[C@H](CCCN=C(N)N)NC(=O)[C@H](CCCN=C(N)N)NC(=O)[C@H](CCCN=C(N)N)NC(=O)[C@H](CCCN=C(N)N)NC(=O)[C@H](CCCN=C(N)N)NC(=O)CNC(=O)CNC(=O)c1ccc(NC(=O)COc2cccc(C=C3SC(=O)NC3=O)c2)cc1. The monoisotopic (exact) mass is 1290 g/mol. The van der Waals surface area contributed by atoms with Crippen LogP contribution < -0.4 is 116 Å². The van der Waals surface area contributed by atoms with E-state index in [-0.39, 0.29) is 137 Å².